The van der Waals surface area contributed by atoms with Crippen LogP contribution in [0.2, 0.25) is 0 Å². The number of H-pyrrole nitrogens is 1. The quantitative estimate of drug-likeness (QED) is 0.673. The third-order valence-corrected chi connectivity index (χ3v) is 3.56. The highest BCUT2D eigenvalue weighted by Crippen LogP contribution is 2.19. The van der Waals surface area contributed by atoms with Crippen molar-refractivity contribution in [2.24, 2.45) is 0 Å². The van der Waals surface area contributed by atoms with Gasteiger partial charge in [-0.3, -0.25) is 4.79 Å². The molecular formula is C14H14N4OS. The number of nitriles is 1. The number of pyridine rings is 1. The standard InChI is InChI=1S/C14H14N4OS/c1-2-4-11-7-13(19)18-14(17-11)20-9-10-5-3-6-16-12(10)8-15/h3,5-7H,2,4,9H2,1H3,(H,17,18,19). The molecule has 0 saturated carbocycles. The first-order valence-electron chi connectivity index (χ1n) is 6.30. The molecular weight excluding hydrogens is 272 g/mol. The third kappa shape index (κ3) is 3.68. The molecule has 0 aromatic carbocycles. The summed E-state index contributed by atoms with van der Waals surface area (Å²) in [5.41, 5.74) is 1.90. The van der Waals surface area contributed by atoms with E-state index in [0.29, 0.717) is 16.6 Å². The molecule has 0 atom stereocenters. The number of rotatable bonds is 5. The summed E-state index contributed by atoms with van der Waals surface area (Å²) in [5, 5.41) is 9.56. The van der Waals surface area contributed by atoms with E-state index in [1.165, 1.54) is 17.8 Å². The smallest absolute Gasteiger partial charge is 0.251 e. The lowest BCUT2D eigenvalue weighted by atomic mass is 10.2. The van der Waals surface area contributed by atoms with Crippen LogP contribution in [0.15, 0.2) is 34.3 Å². The fraction of sp³-hybridized carbons (Fsp3) is 0.286. The van der Waals surface area contributed by atoms with E-state index in [1.807, 2.05) is 13.0 Å². The molecule has 0 spiro atoms. The maximum atomic E-state index is 11.5. The first-order valence-corrected chi connectivity index (χ1v) is 7.28. The van der Waals surface area contributed by atoms with E-state index < -0.39 is 0 Å². The van der Waals surface area contributed by atoms with Crippen LogP contribution in [0, 0.1) is 11.3 Å². The average Bonchev–Trinajstić information content (AvgIpc) is 2.45. The number of thioether (sulfide) groups is 1. The van der Waals surface area contributed by atoms with Gasteiger partial charge in [0.15, 0.2) is 5.16 Å². The van der Waals surface area contributed by atoms with Gasteiger partial charge in [-0.1, -0.05) is 31.2 Å². The minimum absolute atomic E-state index is 0.141. The molecule has 0 amide bonds. The molecule has 0 unspecified atom stereocenters. The summed E-state index contributed by atoms with van der Waals surface area (Å²) in [7, 11) is 0. The number of aromatic nitrogens is 3. The molecule has 0 saturated heterocycles. The second-order valence-electron chi connectivity index (χ2n) is 4.20. The number of aryl methyl sites for hydroxylation is 1. The summed E-state index contributed by atoms with van der Waals surface area (Å²) in [5.74, 6) is 0.551. The van der Waals surface area contributed by atoms with Gasteiger partial charge in [0.2, 0.25) is 0 Å². The number of hydrogen-bond donors (Lipinski definition) is 1. The molecule has 0 aliphatic rings. The van der Waals surface area contributed by atoms with Gasteiger partial charge in [0.05, 0.1) is 0 Å². The van der Waals surface area contributed by atoms with Crippen molar-refractivity contribution in [3.63, 3.8) is 0 Å². The summed E-state index contributed by atoms with van der Waals surface area (Å²) in [6, 6.07) is 7.23. The maximum Gasteiger partial charge on any atom is 0.251 e. The largest absolute Gasteiger partial charge is 0.301 e. The Morgan fingerprint density at radius 3 is 3.10 bits per heavy atom. The van der Waals surface area contributed by atoms with Crippen LogP contribution in [0.3, 0.4) is 0 Å². The molecule has 6 heteroatoms. The Kier molecular flexibility index (Phi) is 4.91. The Morgan fingerprint density at radius 2 is 2.35 bits per heavy atom. The highest BCUT2D eigenvalue weighted by Gasteiger charge is 2.06. The molecule has 20 heavy (non-hydrogen) atoms. The van der Waals surface area contributed by atoms with Crippen LogP contribution in [-0.2, 0) is 12.2 Å². The lowest BCUT2D eigenvalue weighted by Gasteiger charge is -2.04. The third-order valence-electron chi connectivity index (χ3n) is 2.64. The Balaban J connectivity index is 2.15. The highest BCUT2D eigenvalue weighted by atomic mass is 32.2. The molecule has 2 aromatic rings. The summed E-state index contributed by atoms with van der Waals surface area (Å²) in [6.45, 7) is 2.05. The molecule has 2 heterocycles. The highest BCUT2D eigenvalue weighted by molar-refractivity contribution is 7.98. The number of nitrogens with one attached hydrogen (secondary N) is 1. The first kappa shape index (κ1) is 14.3. The molecule has 2 rings (SSSR count). The van der Waals surface area contributed by atoms with Crippen molar-refractivity contribution in [3.05, 3.63) is 51.7 Å². The fourth-order valence-electron chi connectivity index (χ4n) is 1.74. The second-order valence-corrected chi connectivity index (χ2v) is 5.17. The van der Waals surface area contributed by atoms with E-state index in [-0.39, 0.29) is 5.56 Å². The molecule has 1 N–H and O–H groups in total. The maximum absolute atomic E-state index is 11.5. The summed E-state index contributed by atoms with van der Waals surface area (Å²) in [6.07, 6.45) is 3.32. The zero-order chi connectivity index (χ0) is 14.4. The predicted octanol–water partition coefficient (Wildman–Crippen LogP) is 2.28. The van der Waals surface area contributed by atoms with Gasteiger partial charge in [0.1, 0.15) is 11.8 Å². The molecule has 102 valence electrons. The molecule has 0 radical (unpaired) electrons. The van der Waals surface area contributed by atoms with Gasteiger partial charge >= 0.3 is 0 Å². The van der Waals surface area contributed by atoms with Crippen molar-refractivity contribution < 1.29 is 0 Å². The van der Waals surface area contributed by atoms with Crippen LogP contribution in [0.25, 0.3) is 0 Å². The second kappa shape index (κ2) is 6.87. The lowest BCUT2D eigenvalue weighted by molar-refractivity contribution is 0.816. The molecule has 0 aliphatic carbocycles. The first-order chi connectivity index (χ1) is 9.72. The van der Waals surface area contributed by atoms with Crippen LogP contribution in [0.5, 0.6) is 0 Å². The molecule has 2 aromatic heterocycles. The summed E-state index contributed by atoms with van der Waals surface area (Å²) >= 11 is 1.40. The predicted molar refractivity (Wildman–Crippen MR) is 77.4 cm³/mol. The molecule has 0 bridgehead atoms. The zero-order valence-corrected chi connectivity index (χ0v) is 11.9. The van der Waals surface area contributed by atoms with Gasteiger partial charge in [-0.05, 0) is 18.1 Å². The van der Waals surface area contributed by atoms with Gasteiger partial charge in [-0.2, -0.15) is 5.26 Å². The van der Waals surface area contributed by atoms with Crippen LogP contribution in [0.1, 0.15) is 30.3 Å². The van der Waals surface area contributed by atoms with Crippen molar-refractivity contribution in [1.82, 2.24) is 15.0 Å². The number of hydrogen-bond acceptors (Lipinski definition) is 5. The van der Waals surface area contributed by atoms with Gasteiger partial charge in [0, 0.05) is 23.7 Å². The number of nitrogens with zero attached hydrogens (tertiary/aromatic N) is 3. The van der Waals surface area contributed by atoms with Gasteiger partial charge < -0.3 is 4.98 Å². The molecule has 0 fully saturated rings. The normalized spacial score (nSPS) is 10.2. The van der Waals surface area contributed by atoms with Crippen molar-refractivity contribution in [2.45, 2.75) is 30.7 Å². The van der Waals surface area contributed by atoms with Crippen LogP contribution >= 0.6 is 11.8 Å². The van der Waals surface area contributed by atoms with Gasteiger partial charge in [0.25, 0.3) is 5.56 Å². The van der Waals surface area contributed by atoms with Crippen molar-refractivity contribution in [3.8, 4) is 6.07 Å². The van der Waals surface area contributed by atoms with Crippen LogP contribution in [-0.4, -0.2) is 15.0 Å². The monoisotopic (exact) mass is 286 g/mol. The SMILES string of the molecule is CCCc1cc(=O)[nH]c(SCc2cccnc2C#N)n1. The van der Waals surface area contributed by atoms with Crippen molar-refractivity contribution in [1.29, 1.82) is 5.26 Å². The van der Waals surface area contributed by atoms with Crippen molar-refractivity contribution >= 4 is 11.8 Å². The van der Waals surface area contributed by atoms with E-state index in [2.05, 4.69) is 21.0 Å². The minimum atomic E-state index is -0.141. The lowest BCUT2D eigenvalue weighted by Crippen LogP contribution is -2.10. The van der Waals surface area contributed by atoms with Crippen LogP contribution in [0.4, 0.5) is 0 Å². The van der Waals surface area contributed by atoms with E-state index in [4.69, 9.17) is 5.26 Å². The summed E-state index contributed by atoms with van der Waals surface area (Å²) < 4.78 is 0. The van der Waals surface area contributed by atoms with Gasteiger partial charge in [-0.15, -0.1) is 0 Å². The zero-order valence-electron chi connectivity index (χ0n) is 11.1. The Morgan fingerprint density at radius 1 is 1.50 bits per heavy atom. The van der Waals surface area contributed by atoms with Crippen LogP contribution < -0.4 is 5.56 Å². The van der Waals surface area contributed by atoms with E-state index in [0.717, 1.165) is 24.1 Å². The Hall–Kier alpha value is -2.13. The topological polar surface area (TPSA) is 82.4 Å². The number of aromatic amines is 1. The van der Waals surface area contributed by atoms with E-state index in [1.54, 1.807) is 12.3 Å². The minimum Gasteiger partial charge on any atom is -0.301 e. The van der Waals surface area contributed by atoms with E-state index >= 15 is 0 Å². The molecule has 0 aliphatic heterocycles. The Bertz CT molecular complexity index is 690. The van der Waals surface area contributed by atoms with Crippen molar-refractivity contribution in [2.75, 3.05) is 0 Å². The van der Waals surface area contributed by atoms with E-state index in [9.17, 15) is 4.79 Å². The summed E-state index contributed by atoms with van der Waals surface area (Å²) in [4.78, 5) is 22.7. The average molecular weight is 286 g/mol. The Labute approximate surface area is 121 Å². The molecule has 5 nitrogen and oxygen atoms in total. The van der Waals surface area contributed by atoms with Gasteiger partial charge in [-0.25, -0.2) is 9.97 Å². The fourth-order valence-corrected chi connectivity index (χ4v) is 2.62.